The zero-order valence-electron chi connectivity index (χ0n) is 61.1. The molecule has 0 saturated heterocycles. The molecule has 96 heavy (non-hydrogen) atoms. The molecule has 0 fully saturated rings. The van der Waals surface area contributed by atoms with Gasteiger partial charge in [0.25, 0.3) is 0 Å². The monoisotopic (exact) mass is 1400 g/mol. The largest absolute Gasteiger partial charge is 0.472 e. The lowest BCUT2D eigenvalue weighted by atomic mass is 10.0. The Labute approximate surface area is 584 Å². The van der Waals surface area contributed by atoms with E-state index in [0.29, 0.717) is 25.7 Å². The van der Waals surface area contributed by atoms with E-state index in [4.69, 9.17) is 37.0 Å². The molecule has 3 N–H and O–H groups in total. The zero-order chi connectivity index (χ0) is 70.4. The van der Waals surface area contributed by atoms with Crippen molar-refractivity contribution < 1.29 is 80.2 Å². The summed E-state index contributed by atoms with van der Waals surface area (Å²) in [5.41, 5.74) is 0. The van der Waals surface area contributed by atoms with E-state index in [-0.39, 0.29) is 25.7 Å². The molecule has 0 radical (unpaired) electrons. The Balaban J connectivity index is 5.35. The van der Waals surface area contributed by atoms with Gasteiger partial charge in [-0.1, -0.05) is 294 Å². The quantitative estimate of drug-likeness (QED) is 0.0169. The number of unbranched alkanes of at least 4 members (excludes halogenated alkanes) is 37. The molecule has 0 aromatic rings. The van der Waals surface area contributed by atoms with Gasteiger partial charge >= 0.3 is 39.5 Å². The maximum Gasteiger partial charge on any atom is 0.472 e. The second-order valence-corrected chi connectivity index (χ2v) is 28.8. The lowest BCUT2D eigenvalue weighted by Crippen LogP contribution is -2.30. The van der Waals surface area contributed by atoms with E-state index in [9.17, 15) is 43.2 Å². The number of ether oxygens (including phenoxy) is 4. The van der Waals surface area contributed by atoms with Gasteiger partial charge in [-0.3, -0.25) is 37.3 Å². The summed E-state index contributed by atoms with van der Waals surface area (Å²) in [7, 11) is -9.94. The molecule has 0 spiro atoms. The fraction of sp³-hybridized carbons (Fsp3) is 0.818. The highest BCUT2D eigenvalue weighted by Crippen LogP contribution is 2.45. The highest BCUT2D eigenvalue weighted by Gasteiger charge is 2.30. The molecule has 560 valence electrons. The summed E-state index contributed by atoms with van der Waals surface area (Å²) in [6, 6.07) is 0. The fourth-order valence-corrected chi connectivity index (χ4v) is 12.2. The van der Waals surface area contributed by atoms with Crippen molar-refractivity contribution in [2.45, 2.75) is 367 Å². The van der Waals surface area contributed by atoms with E-state index in [1.165, 1.54) is 148 Å². The highest BCUT2D eigenvalue weighted by molar-refractivity contribution is 7.47. The van der Waals surface area contributed by atoms with Crippen LogP contribution in [-0.4, -0.2) is 96.7 Å². The summed E-state index contributed by atoms with van der Waals surface area (Å²) in [5, 5.41) is 10.6. The number of aliphatic hydroxyl groups excluding tert-OH is 1. The van der Waals surface area contributed by atoms with Crippen molar-refractivity contribution in [3.05, 3.63) is 60.8 Å². The van der Waals surface area contributed by atoms with E-state index >= 15 is 0 Å². The van der Waals surface area contributed by atoms with Crippen LogP contribution in [0.25, 0.3) is 0 Å². The van der Waals surface area contributed by atoms with Crippen LogP contribution in [0.5, 0.6) is 0 Å². The second kappa shape index (κ2) is 70.2. The summed E-state index contributed by atoms with van der Waals surface area (Å²) in [5.74, 6) is -2.20. The lowest BCUT2D eigenvalue weighted by molar-refractivity contribution is -0.161. The van der Waals surface area contributed by atoms with Crippen molar-refractivity contribution in [2.24, 2.45) is 0 Å². The van der Waals surface area contributed by atoms with Gasteiger partial charge in [-0.25, -0.2) is 9.13 Å². The van der Waals surface area contributed by atoms with Crippen molar-refractivity contribution in [3.63, 3.8) is 0 Å². The Morgan fingerprint density at radius 3 is 0.865 bits per heavy atom. The van der Waals surface area contributed by atoms with Crippen LogP contribution in [0.3, 0.4) is 0 Å². The third-order valence-electron chi connectivity index (χ3n) is 16.5. The van der Waals surface area contributed by atoms with Crippen LogP contribution in [0, 0.1) is 0 Å². The molecule has 0 saturated carbocycles. The SMILES string of the molecule is CC/C=C\C/C=C\C/C=C\C/C=C\CCCCC(=O)OCC(COP(=O)(O)OCC(O)COP(=O)(O)OCC(COC(=O)CCCCCCCCCCCCCCC)OC(=O)CCCCCCCCCCCCCCC)OC(=O)CCCCCCC/C=C\CCCCCCCC. The van der Waals surface area contributed by atoms with Crippen LogP contribution < -0.4 is 0 Å². The van der Waals surface area contributed by atoms with Gasteiger partial charge in [-0.2, -0.15) is 0 Å². The molecule has 17 nitrogen and oxygen atoms in total. The first-order valence-electron chi connectivity index (χ1n) is 38.5. The second-order valence-electron chi connectivity index (χ2n) is 25.9. The first-order valence-corrected chi connectivity index (χ1v) is 41.5. The number of esters is 4. The molecule has 0 heterocycles. The molecule has 0 aliphatic carbocycles. The van der Waals surface area contributed by atoms with Crippen LogP contribution in [0.2, 0.25) is 0 Å². The molecule has 19 heteroatoms. The van der Waals surface area contributed by atoms with Gasteiger partial charge in [-0.05, 0) is 89.9 Å². The average molecular weight is 1400 g/mol. The van der Waals surface area contributed by atoms with Crippen molar-refractivity contribution in [3.8, 4) is 0 Å². The Bertz CT molecular complexity index is 2060. The molecule has 0 amide bonds. The van der Waals surface area contributed by atoms with Crippen molar-refractivity contribution in [2.75, 3.05) is 39.6 Å². The lowest BCUT2D eigenvalue weighted by Gasteiger charge is -2.21. The number of allylic oxidation sites excluding steroid dienone is 10. The van der Waals surface area contributed by atoms with E-state index in [2.05, 4.69) is 88.5 Å². The van der Waals surface area contributed by atoms with Gasteiger partial charge in [0.05, 0.1) is 26.4 Å². The van der Waals surface area contributed by atoms with E-state index in [1.807, 2.05) is 0 Å². The standard InChI is InChI=1S/C77H140O17P2/c1-5-9-13-17-21-25-29-33-35-39-42-46-50-54-58-62-75(80)88-68-73(94-77(82)64-60-56-52-48-44-40-36-34-30-26-22-18-14-10-6-2)70-92-96(85,86)90-66-71(78)65-89-95(83,84)91-69-72(93-76(81)63-59-55-51-47-43-38-32-28-24-20-16-12-8-4)67-87-74(79)61-57-53-49-45-41-37-31-27-23-19-15-11-7-3/h9,13,21,25,33-36,42,46,71-73,78H,5-8,10-12,14-20,22-24,26-32,37-41,43-45,47-70H2,1-4H3,(H,83,84)(H,85,86)/b13-9-,25-21-,35-33-,36-34-,46-42-. The minimum atomic E-state index is -4.98. The van der Waals surface area contributed by atoms with Crippen LogP contribution in [0.1, 0.15) is 349 Å². The van der Waals surface area contributed by atoms with Gasteiger partial charge in [0.15, 0.2) is 12.2 Å². The van der Waals surface area contributed by atoms with Gasteiger partial charge in [-0.15, -0.1) is 0 Å². The molecular formula is C77H140O17P2. The predicted molar refractivity (Wildman–Crippen MR) is 390 cm³/mol. The number of phosphoric acid groups is 2. The van der Waals surface area contributed by atoms with Crippen LogP contribution in [0.15, 0.2) is 60.8 Å². The molecule has 0 aliphatic heterocycles. The number of carbonyl (C=O) groups excluding carboxylic acids is 4. The molecule has 0 aromatic heterocycles. The maximum atomic E-state index is 13.1. The zero-order valence-corrected chi connectivity index (χ0v) is 62.8. The van der Waals surface area contributed by atoms with Crippen molar-refractivity contribution in [1.29, 1.82) is 0 Å². The predicted octanol–water partition coefficient (Wildman–Crippen LogP) is 21.9. The molecular weight excluding hydrogens is 1260 g/mol. The van der Waals surface area contributed by atoms with Gasteiger partial charge < -0.3 is 33.8 Å². The van der Waals surface area contributed by atoms with Crippen LogP contribution in [-0.2, 0) is 65.4 Å². The summed E-state index contributed by atoms with van der Waals surface area (Å²) in [4.78, 5) is 72.8. The normalized spacial score (nSPS) is 14.3. The topological polar surface area (TPSA) is 237 Å². The molecule has 0 rings (SSSR count). The van der Waals surface area contributed by atoms with Crippen LogP contribution >= 0.6 is 15.6 Å². The number of hydrogen-bond donors (Lipinski definition) is 3. The summed E-state index contributed by atoms with van der Waals surface area (Å²) in [6.45, 7) is 4.76. The summed E-state index contributed by atoms with van der Waals surface area (Å²) < 4.78 is 68.4. The Morgan fingerprint density at radius 1 is 0.302 bits per heavy atom. The molecule has 5 unspecified atom stereocenters. The third-order valence-corrected chi connectivity index (χ3v) is 18.4. The van der Waals surface area contributed by atoms with Crippen LogP contribution in [0.4, 0.5) is 0 Å². The number of rotatable bonds is 73. The van der Waals surface area contributed by atoms with Gasteiger partial charge in [0.1, 0.15) is 19.3 Å². The minimum absolute atomic E-state index is 0.0795. The van der Waals surface area contributed by atoms with Gasteiger partial charge in [0.2, 0.25) is 0 Å². The number of hydrogen-bond acceptors (Lipinski definition) is 15. The fourth-order valence-electron chi connectivity index (χ4n) is 10.6. The summed E-state index contributed by atoms with van der Waals surface area (Å²) in [6.07, 6.45) is 67.8. The Kier molecular flexibility index (Phi) is 67.8. The van der Waals surface area contributed by atoms with E-state index in [0.717, 1.165) is 122 Å². The first-order chi connectivity index (χ1) is 46.7. The van der Waals surface area contributed by atoms with Crippen molar-refractivity contribution >= 4 is 39.5 Å². The maximum absolute atomic E-state index is 13.1. The van der Waals surface area contributed by atoms with Crippen molar-refractivity contribution in [1.82, 2.24) is 0 Å². The number of aliphatic hydroxyl groups is 1. The first kappa shape index (κ1) is 92.8. The molecule has 0 bridgehead atoms. The Hall–Kier alpha value is -3.24. The summed E-state index contributed by atoms with van der Waals surface area (Å²) >= 11 is 0. The number of carbonyl (C=O) groups is 4. The molecule has 0 aliphatic rings. The third kappa shape index (κ3) is 69.2. The van der Waals surface area contributed by atoms with Gasteiger partial charge in [0, 0.05) is 25.7 Å². The van der Waals surface area contributed by atoms with E-state index in [1.54, 1.807) is 0 Å². The number of phosphoric ester groups is 2. The molecule has 5 atom stereocenters. The smallest absolute Gasteiger partial charge is 0.462 e. The Morgan fingerprint density at radius 2 is 0.542 bits per heavy atom. The highest BCUT2D eigenvalue weighted by atomic mass is 31.2. The average Bonchev–Trinajstić information content (AvgIpc) is 1.36. The minimum Gasteiger partial charge on any atom is -0.462 e. The van der Waals surface area contributed by atoms with E-state index < -0.39 is 97.5 Å². The molecule has 0 aromatic carbocycles.